The molecule has 0 bridgehead atoms. The number of nitrogen functional groups attached to an aromatic ring is 1. The summed E-state index contributed by atoms with van der Waals surface area (Å²) in [6, 6.07) is 4.24. The van der Waals surface area contributed by atoms with Crippen LogP contribution in [0.3, 0.4) is 0 Å². The molecule has 0 aromatic heterocycles. The molecule has 6 nitrogen and oxygen atoms in total. The normalized spacial score (nSPS) is 15.2. The van der Waals surface area contributed by atoms with Crippen LogP contribution in [0.1, 0.15) is 28.8 Å². The van der Waals surface area contributed by atoms with Gasteiger partial charge in [0.2, 0.25) is 5.91 Å². The van der Waals surface area contributed by atoms with Gasteiger partial charge >= 0.3 is 0 Å². The van der Waals surface area contributed by atoms with Gasteiger partial charge in [-0.05, 0) is 30.2 Å². The molecule has 100 valence electrons. The topological polar surface area (TPSA) is 106 Å². The number of benzene rings is 1. The molecule has 0 fully saturated rings. The Labute approximate surface area is 110 Å². The Kier molecular flexibility index (Phi) is 3.50. The number of hydrogen-bond acceptors (Lipinski definition) is 4. The maximum absolute atomic E-state index is 12.2. The molecule has 1 aromatic carbocycles. The van der Waals surface area contributed by atoms with Crippen molar-refractivity contribution in [2.24, 2.45) is 5.73 Å². The summed E-state index contributed by atoms with van der Waals surface area (Å²) in [6.45, 7) is 0.297. The first-order valence-electron chi connectivity index (χ1n) is 5.97. The lowest BCUT2D eigenvalue weighted by molar-refractivity contribution is -0.122. The van der Waals surface area contributed by atoms with E-state index >= 15 is 0 Å². The number of carbonyl (C=O) groups is 3. The third-order valence-electron chi connectivity index (χ3n) is 3.22. The monoisotopic (exact) mass is 261 g/mol. The van der Waals surface area contributed by atoms with Crippen molar-refractivity contribution in [3.05, 3.63) is 29.3 Å². The van der Waals surface area contributed by atoms with E-state index in [0.29, 0.717) is 24.1 Å². The van der Waals surface area contributed by atoms with Gasteiger partial charge in [0, 0.05) is 24.2 Å². The van der Waals surface area contributed by atoms with Crippen molar-refractivity contribution in [2.75, 3.05) is 5.73 Å². The van der Waals surface area contributed by atoms with Crippen LogP contribution in [0.15, 0.2) is 18.2 Å². The van der Waals surface area contributed by atoms with Gasteiger partial charge in [0.05, 0.1) is 0 Å². The van der Waals surface area contributed by atoms with Crippen LogP contribution in [0.2, 0.25) is 0 Å². The number of hydrogen-bond donors (Lipinski definition) is 2. The Morgan fingerprint density at radius 1 is 1.47 bits per heavy atom. The van der Waals surface area contributed by atoms with Crippen molar-refractivity contribution in [2.45, 2.75) is 25.4 Å². The predicted molar refractivity (Wildman–Crippen MR) is 69.0 cm³/mol. The number of primary amides is 1. The maximum atomic E-state index is 12.2. The van der Waals surface area contributed by atoms with Gasteiger partial charge < -0.3 is 21.2 Å². The molecule has 0 radical (unpaired) electrons. The number of fused-ring (bicyclic) bond motifs is 1. The molecule has 1 aromatic rings. The van der Waals surface area contributed by atoms with E-state index in [2.05, 4.69) is 0 Å². The minimum Gasteiger partial charge on any atom is -0.399 e. The molecule has 0 aliphatic carbocycles. The summed E-state index contributed by atoms with van der Waals surface area (Å²) < 4.78 is 0. The SMILES string of the molecule is NC(=O)C(CCC=O)N1Cc2cc(N)ccc2C1=O. The molecule has 1 aliphatic rings. The van der Waals surface area contributed by atoms with Gasteiger partial charge in [0.15, 0.2) is 0 Å². The van der Waals surface area contributed by atoms with Gasteiger partial charge in [-0.2, -0.15) is 0 Å². The summed E-state index contributed by atoms with van der Waals surface area (Å²) in [5.41, 5.74) is 12.9. The lowest BCUT2D eigenvalue weighted by Crippen LogP contribution is -2.44. The Bertz CT molecular complexity index is 542. The first-order chi connectivity index (χ1) is 9.04. The molecule has 1 aliphatic heterocycles. The number of amides is 2. The van der Waals surface area contributed by atoms with Crippen LogP contribution < -0.4 is 11.5 Å². The highest BCUT2D eigenvalue weighted by molar-refractivity contribution is 6.01. The van der Waals surface area contributed by atoms with Crippen LogP contribution in [0.4, 0.5) is 5.69 Å². The van der Waals surface area contributed by atoms with Gasteiger partial charge in [0.25, 0.3) is 5.91 Å². The number of nitrogens with two attached hydrogens (primary N) is 2. The van der Waals surface area contributed by atoms with E-state index in [1.807, 2.05) is 0 Å². The summed E-state index contributed by atoms with van der Waals surface area (Å²) in [5, 5.41) is 0. The van der Waals surface area contributed by atoms with Gasteiger partial charge in [-0.25, -0.2) is 0 Å². The zero-order chi connectivity index (χ0) is 14.0. The summed E-state index contributed by atoms with van der Waals surface area (Å²) in [7, 11) is 0. The second kappa shape index (κ2) is 5.09. The van der Waals surface area contributed by atoms with Crippen LogP contribution in [0, 0.1) is 0 Å². The largest absolute Gasteiger partial charge is 0.399 e. The molecule has 4 N–H and O–H groups in total. The Morgan fingerprint density at radius 3 is 2.84 bits per heavy atom. The Hall–Kier alpha value is -2.37. The van der Waals surface area contributed by atoms with Gasteiger partial charge in [0.1, 0.15) is 12.3 Å². The second-order valence-electron chi connectivity index (χ2n) is 4.51. The third-order valence-corrected chi connectivity index (χ3v) is 3.22. The molecule has 0 saturated carbocycles. The number of carbonyl (C=O) groups excluding carboxylic acids is 3. The summed E-state index contributed by atoms with van der Waals surface area (Å²) in [6.07, 6.45) is 1.14. The number of nitrogens with zero attached hydrogens (tertiary/aromatic N) is 1. The van der Waals surface area contributed by atoms with Crippen molar-refractivity contribution in [1.29, 1.82) is 0 Å². The van der Waals surface area contributed by atoms with Crippen LogP contribution in [-0.4, -0.2) is 29.0 Å². The van der Waals surface area contributed by atoms with Crippen molar-refractivity contribution < 1.29 is 14.4 Å². The van der Waals surface area contributed by atoms with E-state index < -0.39 is 11.9 Å². The van der Waals surface area contributed by atoms with Crippen LogP contribution in [-0.2, 0) is 16.1 Å². The van der Waals surface area contributed by atoms with Gasteiger partial charge in [-0.3, -0.25) is 9.59 Å². The maximum Gasteiger partial charge on any atom is 0.255 e. The van der Waals surface area contributed by atoms with Gasteiger partial charge in [-0.15, -0.1) is 0 Å². The second-order valence-corrected chi connectivity index (χ2v) is 4.51. The minimum atomic E-state index is -0.758. The van der Waals surface area contributed by atoms with E-state index in [9.17, 15) is 14.4 Å². The van der Waals surface area contributed by atoms with Crippen LogP contribution in [0.5, 0.6) is 0 Å². The highest BCUT2D eigenvalue weighted by Gasteiger charge is 2.35. The molecule has 1 unspecified atom stereocenters. The van der Waals surface area contributed by atoms with Crippen LogP contribution in [0.25, 0.3) is 0 Å². The fourth-order valence-electron chi connectivity index (χ4n) is 2.29. The average molecular weight is 261 g/mol. The number of anilines is 1. The molecular weight excluding hydrogens is 246 g/mol. The summed E-state index contributed by atoms with van der Waals surface area (Å²) in [4.78, 5) is 35.5. The van der Waals surface area contributed by atoms with E-state index in [4.69, 9.17) is 11.5 Å². The number of rotatable bonds is 5. The minimum absolute atomic E-state index is 0.190. The molecule has 1 atom stereocenters. The lowest BCUT2D eigenvalue weighted by atomic mass is 10.1. The molecule has 0 spiro atoms. The molecule has 0 saturated heterocycles. The number of aldehydes is 1. The quantitative estimate of drug-likeness (QED) is 0.577. The van der Waals surface area contributed by atoms with Crippen LogP contribution >= 0.6 is 0 Å². The smallest absolute Gasteiger partial charge is 0.255 e. The molecule has 1 heterocycles. The third kappa shape index (κ3) is 2.42. The molecule has 6 heteroatoms. The van der Waals surface area contributed by atoms with E-state index in [-0.39, 0.29) is 18.7 Å². The summed E-state index contributed by atoms with van der Waals surface area (Å²) >= 11 is 0. The van der Waals surface area contributed by atoms with Crippen molar-refractivity contribution in [1.82, 2.24) is 4.90 Å². The molecule has 19 heavy (non-hydrogen) atoms. The first-order valence-corrected chi connectivity index (χ1v) is 5.97. The standard InChI is InChI=1S/C13H15N3O3/c14-9-3-4-10-8(6-9)7-16(13(10)19)11(12(15)18)2-1-5-17/h3-6,11H,1-2,7,14H2,(H2,15,18). The molecule has 2 amide bonds. The van der Waals surface area contributed by atoms with E-state index in [0.717, 1.165) is 5.56 Å². The average Bonchev–Trinajstić information content (AvgIpc) is 2.66. The first kappa shape index (κ1) is 13.1. The summed E-state index contributed by atoms with van der Waals surface area (Å²) in [5.74, 6) is -0.847. The Balaban J connectivity index is 2.25. The predicted octanol–water partition coefficient (Wildman–Crippen LogP) is 0.0576. The fraction of sp³-hybridized carbons (Fsp3) is 0.308. The van der Waals surface area contributed by atoms with Gasteiger partial charge in [-0.1, -0.05) is 0 Å². The molecule has 2 rings (SSSR count). The highest BCUT2D eigenvalue weighted by Crippen LogP contribution is 2.27. The van der Waals surface area contributed by atoms with E-state index in [1.165, 1.54) is 4.90 Å². The van der Waals surface area contributed by atoms with Crippen molar-refractivity contribution >= 4 is 23.8 Å². The van der Waals surface area contributed by atoms with E-state index in [1.54, 1.807) is 18.2 Å². The molecular formula is C13H15N3O3. The lowest BCUT2D eigenvalue weighted by Gasteiger charge is -2.24. The zero-order valence-corrected chi connectivity index (χ0v) is 10.3. The fourth-order valence-corrected chi connectivity index (χ4v) is 2.29. The van der Waals surface area contributed by atoms with Crippen molar-refractivity contribution in [3.8, 4) is 0 Å². The van der Waals surface area contributed by atoms with Crippen molar-refractivity contribution in [3.63, 3.8) is 0 Å². The highest BCUT2D eigenvalue weighted by atomic mass is 16.2. The zero-order valence-electron chi connectivity index (χ0n) is 10.3. The Morgan fingerprint density at radius 2 is 2.21 bits per heavy atom.